The van der Waals surface area contributed by atoms with E-state index >= 15 is 0 Å². The molecule has 26 heavy (non-hydrogen) atoms. The summed E-state index contributed by atoms with van der Waals surface area (Å²) in [4.78, 5) is 15.9. The van der Waals surface area contributed by atoms with Crippen LogP contribution in [0.2, 0.25) is 0 Å². The summed E-state index contributed by atoms with van der Waals surface area (Å²) < 4.78 is 0. The molecule has 142 valence electrons. The molecule has 1 saturated heterocycles. The average Bonchev–Trinajstić information content (AvgIpc) is 3.07. The van der Waals surface area contributed by atoms with Crippen LogP contribution < -0.4 is 0 Å². The number of carbonyl (C=O) groups is 1. The van der Waals surface area contributed by atoms with Crippen molar-refractivity contribution in [1.29, 1.82) is 0 Å². The highest BCUT2D eigenvalue weighted by Crippen LogP contribution is 2.66. The van der Waals surface area contributed by atoms with Gasteiger partial charge in [0, 0.05) is 5.41 Å². The second-order valence-electron chi connectivity index (χ2n) is 9.79. The molecule has 1 aliphatic heterocycles. The Bertz CT molecular complexity index is 662. The van der Waals surface area contributed by atoms with Gasteiger partial charge in [-0.1, -0.05) is 29.8 Å². The van der Waals surface area contributed by atoms with Crippen molar-refractivity contribution >= 4 is 18.2 Å². The van der Waals surface area contributed by atoms with Crippen LogP contribution in [0.25, 0.3) is 0 Å². The second kappa shape index (κ2) is 6.63. The molecule has 0 radical (unpaired) electrons. The molecule has 5 fully saturated rings. The third-order valence-electron chi connectivity index (χ3n) is 7.88. The molecule has 0 amide bonds. The minimum Gasteiger partial charge on any atom is -0.298 e. The van der Waals surface area contributed by atoms with Crippen molar-refractivity contribution < 1.29 is 4.79 Å². The first-order valence-electron chi connectivity index (χ1n) is 10.4. The number of carbonyl (C=O) groups excluding carboxylic acids is 1. The van der Waals surface area contributed by atoms with Gasteiger partial charge in [0.05, 0.1) is 6.54 Å². The van der Waals surface area contributed by atoms with E-state index in [1.165, 1.54) is 56.1 Å². The molecule has 0 spiro atoms. The third kappa shape index (κ3) is 2.94. The molecule has 2 atom stereocenters. The monoisotopic (exact) mass is 373 g/mol. The van der Waals surface area contributed by atoms with E-state index in [0.29, 0.717) is 11.2 Å². The van der Waals surface area contributed by atoms with Gasteiger partial charge >= 0.3 is 0 Å². The lowest BCUT2D eigenvalue weighted by Crippen LogP contribution is -2.58. The number of aryl methyl sites for hydroxylation is 1. The molecule has 4 aliphatic carbocycles. The quantitative estimate of drug-likeness (QED) is 0.746. The Morgan fingerprint density at radius 1 is 1.04 bits per heavy atom. The molecule has 4 bridgehead atoms. The number of halogens is 1. The van der Waals surface area contributed by atoms with Gasteiger partial charge in [-0.3, -0.25) is 9.69 Å². The number of likely N-dealkylation sites (tertiary alicyclic amines) is 1. The van der Waals surface area contributed by atoms with Crippen LogP contribution in [-0.4, -0.2) is 30.3 Å². The number of Topliss-reactive ketones (excluding diaryl/α,β-unsaturated/α-hetero) is 1. The zero-order chi connectivity index (χ0) is 17.1. The van der Waals surface area contributed by atoms with E-state index in [9.17, 15) is 4.79 Å². The number of benzene rings is 1. The summed E-state index contributed by atoms with van der Waals surface area (Å²) in [5.41, 5.74) is 3.15. The summed E-state index contributed by atoms with van der Waals surface area (Å²) in [5, 5.41) is 0. The van der Waals surface area contributed by atoms with E-state index in [2.05, 4.69) is 36.1 Å². The van der Waals surface area contributed by atoms with Gasteiger partial charge in [0.15, 0.2) is 5.78 Å². The maximum Gasteiger partial charge on any atom is 0.153 e. The summed E-state index contributed by atoms with van der Waals surface area (Å²) >= 11 is 0. The van der Waals surface area contributed by atoms with Crippen LogP contribution in [0, 0.1) is 24.2 Å². The van der Waals surface area contributed by atoms with Gasteiger partial charge in [-0.05, 0) is 94.2 Å². The van der Waals surface area contributed by atoms with Crippen molar-refractivity contribution in [2.24, 2.45) is 17.3 Å². The minimum absolute atomic E-state index is 0. The average molecular weight is 374 g/mol. The Kier molecular flexibility index (Phi) is 4.72. The van der Waals surface area contributed by atoms with E-state index in [-0.39, 0.29) is 17.8 Å². The number of hydrogen-bond donors (Lipinski definition) is 0. The van der Waals surface area contributed by atoms with Gasteiger partial charge in [0.1, 0.15) is 0 Å². The fraction of sp³-hybridized carbons (Fsp3) is 0.696. The van der Waals surface area contributed by atoms with Crippen molar-refractivity contribution in [2.45, 2.75) is 63.7 Å². The molecule has 2 nitrogen and oxygen atoms in total. The largest absolute Gasteiger partial charge is 0.298 e. The molecule has 2 unspecified atom stereocenters. The smallest absolute Gasteiger partial charge is 0.153 e. The summed E-state index contributed by atoms with van der Waals surface area (Å²) in [7, 11) is 0. The Balaban J connectivity index is 0.00000168. The Morgan fingerprint density at radius 2 is 1.65 bits per heavy atom. The molecule has 0 aromatic heterocycles. The number of ketones is 1. The number of nitrogens with zero attached hydrogens (tertiary/aromatic N) is 1. The van der Waals surface area contributed by atoms with Crippen molar-refractivity contribution in [3.63, 3.8) is 0 Å². The van der Waals surface area contributed by atoms with Gasteiger partial charge in [-0.25, -0.2) is 0 Å². The number of hydrogen-bond acceptors (Lipinski definition) is 2. The lowest BCUT2D eigenvalue weighted by atomic mass is 9.42. The molecule has 0 N–H and O–H groups in total. The van der Waals surface area contributed by atoms with Crippen molar-refractivity contribution in [2.75, 3.05) is 19.6 Å². The van der Waals surface area contributed by atoms with Crippen molar-refractivity contribution in [3.8, 4) is 0 Å². The topological polar surface area (TPSA) is 20.3 Å². The maximum absolute atomic E-state index is 13.4. The van der Waals surface area contributed by atoms with Gasteiger partial charge < -0.3 is 0 Å². The van der Waals surface area contributed by atoms with E-state index in [0.717, 1.165) is 37.9 Å². The fourth-order valence-corrected chi connectivity index (χ4v) is 7.15. The first kappa shape index (κ1) is 18.5. The molecule has 3 heteroatoms. The van der Waals surface area contributed by atoms with E-state index in [1.54, 1.807) is 0 Å². The molecular weight excluding hydrogens is 342 g/mol. The molecule has 1 aromatic rings. The SMILES string of the molecule is Cc1ccc(C23CC4CC(CC(C(=O)CN5CCCC5)(C4)C2)C3)cc1.Cl. The Labute approximate surface area is 164 Å². The first-order chi connectivity index (χ1) is 12.1. The van der Waals surface area contributed by atoms with Crippen molar-refractivity contribution in [1.82, 2.24) is 4.90 Å². The first-order valence-corrected chi connectivity index (χ1v) is 10.4. The molecule has 5 aliphatic rings. The maximum atomic E-state index is 13.4. The summed E-state index contributed by atoms with van der Waals surface area (Å²) in [6.07, 6.45) is 10.1. The van der Waals surface area contributed by atoms with Crippen LogP contribution in [0.1, 0.15) is 62.5 Å². The molecule has 6 rings (SSSR count). The van der Waals surface area contributed by atoms with Crippen LogP contribution >= 0.6 is 12.4 Å². The van der Waals surface area contributed by atoms with Gasteiger partial charge in [0.25, 0.3) is 0 Å². The normalized spacial score (nSPS) is 38.3. The van der Waals surface area contributed by atoms with Gasteiger partial charge in [0.2, 0.25) is 0 Å². The van der Waals surface area contributed by atoms with Crippen LogP contribution in [0.5, 0.6) is 0 Å². The molecule has 1 heterocycles. The van der Waals surface area contributed by atoms with Crippen molar-refractivity contribution in [3.05, 3.63) is 35.4 Å². The summed E-state index contributed by atoms with van der Waals surface area (Å²) in [6, 6.07) is 9.27. The molecule has 1 aromatic carbocycles. The Hall–Kier alpha value is -0.860. The zero-order valence-corrected chi connectivity index (χ0v) is 16.8. The fourth-order valence-electron chi connectivity index (χ4n) is 7.15. The van der Waals surface area contributed by atoms with E-state index < -0.39 is 0 Å². The lowest BCUT2D eigenvalue weighted by Gasteiger charge is -2.62. The van der Waals surface area contributed by atoms with E-state index in [1.807, 2.05) is 0 Å². The highest BCUT2D eigenvalue weighted by Gasteiger charge is 2.60. The van der Waals surface area contributed by atoms with Crippen LogP contribution in [0.3, 0.4) is 0 Å². The highest BCUT2D eigenvalue weighted by atomic mass is 35.5. The number of rotatable bonds is 4. The van der Waals surface area contributed by atoms with Crippen LogP contribution in [0.4, 0.5) is 0 Å². The predicted octanol–water partition coefficient (Wildman–Crippen LogP) is 4.92. The van der Waals surface area contributed by atoms with E-state index in [4.69, 9.17) is 0 Å². The zero-order valence-electron chi connectivity index (χ0n) is 16.0. The highest BCUT2D eigenvalue weighted by molar-refractivity contribution is 5.87. The second-order valence-corrected chi connectivity index (χ2v) is 9.79. The van der Waals surface area contributed by atoms with Gasteiger partial charge in [-0.2, -0.15) is 0 Å². The summed E-state index contributed by atoms with van der Waals surface area (Å²) in [6.45, 7) is 5.17. The van der Waals surface area contributed by atoms with Crippen LogP contribution in [0.15, 0.2) is 24.3 Å². The van der Waals surface area contributed by atoms with Gasteiger partial charge in [-0.15, -0.1) is 12.4 Å². The predicted molar refractivity (Wildman–Crippen MR) is 108 cm³/mol. The summed E-state index contributed by atoms with van der Waals surface area (Å²) in [5.74, 6) is 2.15. The third-order valence-corrected chi connectivity index (χ3v) is 7.88. The van der Waals surface area contributed by atoms with Crippen LogP contribution in [-0.2, 0) is 10.2 Å². The lowest BCUT2D eigenvalue weighted by molar-refractivity contribution is -0.147. The molecule has 4 saturated carbocycles. The Morgan fingerprint density at radius 3 is 2.27 bits per heavy atom. The molecular formula is C23H32ClNO. The minimum atomic E-state index is -0.00242. The standard InChI is InChI=1S/C23H31NO.ClH/c1-17-4-6-20(7-5-17)22-11-18-10-19(12-22)14-23(13-18,16-22)21(25)15-24-8-2-3-9-24;/h4-7,18-19H,2-3,8-16H2,1H3;1H.